The lowest BCUT2D eigenvalue weighted by Crippen LogP contribution is -2.50. The summed E-state index contributed by atoms with van der Waals surface area (Å²) in [5.74, 6) is -2.52. The number of anilines is 1. The van der Waals surface area contributed by atoms with Crippen molar-refractivity contribution < 1.29 is 14.5 Å². The van der Waals surface area contributed by atoms with Crippen molar-refractivity contribution in [1.29, 1.82) is 0 Å². The molecule has 6 nitrogen and oxygen atoms in total. The average molecular weight is 431 g/mol. The number of benzene rings is 3. The lowest BCUT2D eigenvalue weighted by Gasteiger charge is -2.50. The van der Waals surface area contributed by atoms with Gasteiger partial charge in [-0.05, 0) is 28.3 Å². The predicted octanol–water partition coefficient (Wildman–Crippen LogP) is 4.34. The lowest BCUT2D eigenvalue weighted by atomic mass is 9.54. The van der Waals surface area contributed by atoms with Crippen LogP contribution in [0.1, 0.15) is 28.2 Å². The summed E-state index contributed by atoms with van der Waals surface area (Å²) in [6, 6.07) is 21.0. The van der Waals surface area contributed by atoms with Gasteiger partial charge in [0, 0.05) is 18.1 Å². The molecule has 152 valence electrons. The van der Waals surface area contributed by atoms with Crippen LogP contribution in [0.3, 0.4) is 0 Å². The molecule has 0 radical (unpaired) electrons. The Morgan fingerprint density at radius 1 is 0.871 bits per heavy atom. The number of hydrogen-bond donors (Lipinski definition) is 0. The second kappa shape index (κ2) is 6.02. The number of halogens is 1. The summed E-state index contributed by atoms with van der Waals surface area (Å²) in [6.45, 7) is 0. The van der Waals surface area contributed by atoms with E-state index in [2.05, 4.69) is 0 Å². The fraction of sp³-hybridized carbons (Fsp3) is 0.167. The van der Waals surface area contributed by atoms with Gasteiger partial charge in [0.25, 0.3) is 5.69 Å². The van der Waals surface area contributed by atoms with Gasteiger partial charge in [0.15, 0.2) is 0 Å². The van der Waals surface area contributed by atoms with Crippen LogP contribution in [0.2, 0.25) is 0 Å². The first-order valence-electron chi connectivity index (χ1n) is 9.94. The van der Waals surface area contributed by atoms with Gasteiger partial charge in [0.2, 0.25) is 11.8 Å². The van der Waals surface area contributed by atoms with E-state index >= 15 is 0 Å². The number of nitro benzene ring substituents is 1. The Hall–Kier alpha value is -3.51. The molecular formula is C24H15ClN2O4. The van der Waals surface area contributed by atoms with Crippen molar-refractivity contribution in [2.45, 2.75) is 10.8 Å². The summed E-state index contributed by atoms with van der Waals surface area (Å²) < 4.78 is 0. The second-order valence-electron chi connectivity index (χ2n) is 8.16. The van der Waals surface area contributed by atoms with Gasteiger partial charge < -0.3 is 0 Å². The van der Waals surface area contributed by atoms with Gasteiger partial charge in [0.05, 0.1) is 22.4 Å². The fourth-order valence-corrected chi connectivity index (χ4v) is 6.25. The van der Waals surface area contributed by atoms with E-state index in [9.17, 15) is 19.7 Å². The number of non-ortho nitro benzene ring substituents is 1. The molecule has 4 aliphatic rings. The van der Waals surface area contributed by atoms with Gasteiger partial charge in [-0.3, -0.25) is 19.7 Å². The van der Waals surface area contributed by atoms with Crippen molar-refractivity contribution >= 4 is 34.8 Å². The Balaban J connectivity index is 1.58. The highest BCUT2D eigenvalue weighted by Crippen LogP contribution is 2.65. The van der Waals surface area contributed by atoms with Crippen molar-refractivity contribution in [3.05, 3.63) is 105 Å². The molecule has 1 heterocycles. The molecular weight excluding hydrogens is 416 g/mol. The molecule has 0 spiro atoms. The highest BCUT2D eigenvalue weighted by Gasteiger charge is 2.68. The zero-order valence-corrected chi connectivity index (χ0v) is 16.8. The minimum atomic E-state index is -1.17. The normalized spacial score (nSPS) is 27.6. The van der Waals surface area contributed by atoms with Gasteiger partial charge in [-0.25, -0.2) is 4.90 Å². The Bertz CT molecular complexity index is 1270. The molecule has 2 bridgehead atoms. The average Bonchev–Trinajstić information content (AvgIpc) is 3.06. The number of alkyl halides is 1. The second-order valence-corrected chi connectivity index (χ2v) is 8.75. The molecule has 2 atom stereocenters. The Kier molecular flexibility index (Phi) is 3.55. The number of nitrogens with zero attached hydrogens (tertiary/aromatic N) is 2. The molecule has 31 heavy (non-hydrogen) atoms. The Morgan fingerprint density at radius 2 is 1.48 bits per heavy atom. The highest BCUT2D eigenvalue weighted by molar-refractivity contribution is 6.33. The minimum absolute atomic E-state index is 0.178. The molecule has 3 aromatic carbocycles. The first kappa shape index (κ1) is 18.3. The summed E-state index contributed by atoms with van der Waals surface area (Å²) in [5.41, 5.74) is 3.64. The summed E-state index contributed by atoms with van der Waals surface area (Å²) in [5, 5.41) is 11.2. The number of rotatable bonds is 2. The number of amides is 2. The van der Waals surface area contributed by atoms with Crippen LogP contribution in [0, 0.1) is 22.0 Å². The van der Waals surface area contributed by atoms with Crippen LogP contribution in [0.15, 0.2) is 72.8 Å². The largest absolute Gasteiger partial charge is 0.274 e. The number of imide groups is 1. The highest BCUT2D eigenvalue weighted by atomic mass is 35.5. The Morgan fingerprint density at radius 3 is 2.10 bits per heavy atom. The van der Waals surface area contributed by atoms with Gasteiger partial charge in [-0.15, -0.1) is 11.6 Å². The van der Waals surface area contributed by atoms with Crippen LogP contribution >= 0.6 is 11.6 Å². The summed E-state index contributed by atoms with van der Waals surface area (Å²) in [6.07, 6.45) is 0. The van der Waals surface area contributed by atoms with Gasteiger partial charge in [0.1, 0.15) is 4.87 Å². The van der Waals surface area contributed by atoms with Gasteiger partial charge in [-0.1, -0.05) is 54.6 Å². The SMILES string of the molecule is O=C1[C@@H]2C3c4ccccc4C(Cl)(c4ccccc43)[C@H]2C(=O)N1c1cccc([N+](=O)[O-])c1. The van der Waals surface area contributed by atoms with E-state index in [-0.39, 0.29) is 23.2 Å². The standard InChI is InChI=1S/C24H15ClN2O4/c25-24-17-10-3-1-8-15(17)19(16-9-2-4-11-18(16)24)20-21(24)23(29)26(22(20)28)13-6-5-7-14(12-13)27(30)31/h1-12,19-21H/t19?,20-,21-,24?/m1/s1. The molecule has 1 saturated heterocycles. The van der Waals surface area contributed by atoms with Gasteiger partial charge >= 0.3 is 0 Å². The van der Waals surface area contributed by atoms with E-state index in [0.29, 0.717) is 0 Å². The minimum Gasteiger partial charge on any atom is -0.274 e. The summed E-state index contributed by atoms with van der Waals surface area (Å²) >= 11 is 7.35. The first-order valence-corrected chi connectivity index (χ1v) is 10.3. The number of hydrogen-bond acceptors (Lipinski definition) is 4. The Labute approximate surface area is 182 Å². The van der Waals surface area contributed by atoms with Crippen molar-refractivity contribution in [2.75, 3.05) is 4.90 Å². The topological polar surface area (TPSA) is 80.5 Å². The number of nitro groups is 1. The zero-order valence-electron chi connectivity index (χ0n) is 16.1. The zero-order chi connectivity index (χ0) is 21.5. The fourth-order valence-electron chi connectivity index (χ4n) is 5.68. The smallest absolute Gasteiger partial charge is 0.271 e. The number of carbonyl (C=O) groups excluding carboxylic acids is 2. The molecule has 7 heteroatoms. The van der Waals surface area contributed by atoms with Crippen LogP contribution in [-0.4, -0.2) is 16.7 Å². The summed E-state index contributed by atoms with van der Waals surface area (Å²) in [7, 11) is 0. The third-order valence-electron chi connectivity index (χ3n) is 6.81. The van der Waals surface area contributed by atoms with Gasteiger partial charge in [-0.2, -0.15) is 0 Å². The maximum absolute atomic E-state index is 13.7. The molecule has 2 amide bonds. The molecule has 0 aromatic heterocycles. The molecule has 0 N–H and O–H groups in total. The number of carbonyl (C=O) groups is 2. The van der Waals surface area contributed by atoms with Crippen molar-refractivity contribution in [1.82, 2.24) is 0 Å². The monoisotopic (exact) mass is 430 g/mol. The lowest BCUT2D eigenvalue weighted by molar-refractivity contribution is -0.384. The quantitative estimate of drug-likeness (QED) is 0.262. The van der Waals surface area contributed by atoms with E-state index in [4.69, 9.17) is 11.6 Å². The molecule has 3 aliphatic carbocycles. The van der Waals surface area contributed by atoms with Crippen LogP contribution in [-0.2, 0) is 14.5 Å². The first-order chi connectivity index (χ1) is 14.9. The molecule has 0 saturated carbocycles. The van der Waals surface area contributed by atoms with E-state index in [1.54, 1.807) is 6.07 Å². The van der Waals surface area contributed by atoms with Crippen molar-refractivity contribution in [3.63, 3.8) is 0 Å². The van der Waals surface area contributed by atoms with Crippen LogP contribution in [0.5, 0.6) is 0 Å². The van der Waals surface area contributed by atoms with Crippen LogP contribution in [0.25, 0.3) is 0 Å². The van der Waals surface area contributed by atoms with Crippen molar-refractivity contribution in [2.24, 2.45) is 11.8 Å². The maximum atomic E-state index is 13.7. The van der Waals surface area contributed by atoms with E-state index in [1.165, 1.54) is 18.2 Å². The van der Waals surface area contributed by atoms with E-state index < -0.39 is 27.5 Å². The van der Waals surface area contributed by atoms with E-state index in [1.807, 2.05) is 48.5 Å². The van der Waals surface area contributed by atoms with Crippen LogP contribution in [0.4, 0.5) is 11.4 Å². The van der Waals surface area contributed by atoms with Crippen molar-refractivity contribution in [3.8, 4) is 0 Å². The molecule has 7 rings (SSSR count). The van der Waals surface area contributed by atoms with Crippen LogP contribution < -0.4 is 4.90 Å². The third kappa shape index (κ3) is 2.12. The molecule has 1 fully saturated rings. The molecule has 0 unspecified atom stereocenters. The third-order valence-corrected chi connectivity index (χ3v) is 7.46. The predicted molar refractivity (Wildman–Crippen MR) is 114 cm³/mol. The molecule has 3 aromatic rings. The van der Waals surface area contributed by atoms with E-state index in [0.717, 1.165) is 27.2 Å². The maximum Gasteiger partial charge on any atom is 0.271 e. The molecule has 1 aliphatic heterocycles. The summed E-state index contributed by atoms with van der Waals surface area (Å²) in [4.78, 5) is 38.0.